The van der Waals surface area contributed by atoms with Crippen LogP contribution in [-0.2, 0) is 9.53 Å². The van der Waals surface area contributed by atoms with Crippen LogP contribution >= 0.6 is 0 Å². The molecule has 0 aromatic heterocycles. The van der Waals surface area contributed by atoms with Crippen LogP contribution in [0.3, 0.4) is 0 Å². The molecule has 6 nitrogen and oxygen atoms in total. The molecule has 1 atom stereocenters. The second-order valence-electron chi connectivity index (χ2n) is 6.89. The molecule has 1 aromatic rings. The topological polar surface area (TPSA) is 62.2 Å². The summed E-state index contributed by atoms with van der Waals surface area (Å²) in [6, 6.07) is 6.13. The highest BCUT2D eigenvalue weighted by atomic mass is 19.1. The first-order chi connectivity index (χ1) is 12.7. The largest absolute Gasteiger partial charge is 0.491 e. The highest BCUT2D eigenvalue weighted by Gasteiger charge is 2.33. The lowest BCUT2D eigenvalue weighted by Crippen LogP contribution is -2.55. The fraction of sp³-hybridized carbons (Fsp3) is 0.632. The molecule has 0 bridgehead atoms. The van der Waals surface area contributed by atoms with Crippen LogP contribution in [0.15, 0.2) is 24.3 Å². The number of carbonyl (C=O) groups is 1. The van der Waals surface area contributed by atoms with Gasteiger partial charge in [-0.25, -0.2) is 4.39 Å². The Hall–Kier alpha value is -1.70. The van der Waals surface area contributed by atoms with Crippen molar-refractivity contribution in [2.45, 2.75) is 31.4 Å². The van der Waals surface area contributed by atoms with Crippen molar-refractivity contribution in [1.29, 1.82) is 0 Å². The summed E-state index contributed by atoms with van der Waals surface area (Å²) in [6.07, 6.45) is 2.51. The predicted octanol–water partition coefficient (Wildman–Crippen LogP) is 1.28. The third kappa shape index (κ3) is 5.16. The number of ether oxygens (including phenoxy) is 2. The molecule has 2 fully saturated rings. The summed E-state index contributed by atoms with van der Waals surface area (Å²) < 4.78 is 24.2. The number of amides is 1. The first kappa shape index (κ1) is 19.1. The van der Waals surface area contributed by atoms with Crippen molar-refractivity contribution in [1.82, 2.24) is 9.80 Å². The van der Waals surface area contributed by atoms with E-state index in [-0.39, 0.29) is 37.1 Å². The van der Waals surface area contributed by atoms with Gasteiger partial charge in [0.2, 0.25) is 5.91 Å². The second kappa shape index (κ2) is 9.30. The van der Waals surface area contributed by atoms with Crippen LogP contribution in [0.2, 0.25) is 0 Å². The molecule has 1 amide bonds. The van der Waals surface area contributed by atoms with E-state index in [1.54, 1.807) is 12.1 Å². The molecule has 0 saturated carbocycles. The highest BCUT2D eigenvalue weighted by molar-refractivity contribution is 5.78. The molecule has 2 heterocycles. The third-order valence-corrected chi connectivity index (χ3v) is 5.04. The van der Waals surface area contributed by atoms with Gasteiger partial charge in [-0.05, 0) is 43.5 Å². The van der Waals surface area contributed by atoms with E-state index >= 15 is 0 Å². The Labute approximate surface area is 153 Å². The minimum absolute atomic E-state index is 0.0387. The fourth-order valence-corrected chi connectivity index (χ4v) is 3.57. The molecule has 26 heavy (non-hydrogen) atoms. The number of rotatable bonds is 7. The van der Waals surface area contributed by atoms with E-state index in [1.807, 2.05) is 4.90 Å². The lowest BCUT2D eigenvalue weighted by atomic mass is 10.0. The van der Waals surface area contributed by atoms with Gasteiger partial charge in [-0.1, -0.05) is 0 Å². The van der Waals surface area contributed by atoms with Gasteiger partial charge in [-0.3, -0.25) is 4.79 Å². The van der Waals surface area contributed by atoms with Gasteiger partial charge in [0.1, 0.15) is 30.9 Å². The zero-order valence-corrected chi connectivity index (χ0v) is 15.0. The fourth-order valence-electron chi connectivity index (χ4n) is 3.57. The van der Waals surface area contributed by atoms with E-state index in [0.717, 1.165) is 38.9 Å². The zero-order valence-electron chi connectivity index (χ0n) is 15.0. The van der Waals surface area contributed by atoms with Crippen LogP contribution in [0.5, 0.6) is 5.75 Å². The number of likely N-dealkylation sites (tertiary alicyclic amines) is 1. The van der Waals surface area contributed by atoms with Crippen molar-refractivity contribution >= 4 is 5.91 Å². The van der Waals surface area contributed by atoms with E-state index in [9.17, 15) is 9.18 Å². The number of halogens is 1. The van der Waals surface area contributed by atoms with E-state index in [0.29, 0.717) is 18.9 Å². The van der Waals surface area contributed by atoms with Gasteiger partial charge >= 0.3 is 0 Å². The summed E-state index contributed by atoms with van der Waals surface area (Å²) in [5.41, 5.74) is 0. The molecule has 2 saturated heterocycles. The van der Waals surface area contributed by atoms with Crippen LogP contribution in [0.4, 0.5) is 4.39 Å². The number of carbonyl (C=O) groups excluding carboxylic acids is 1. The summed E-state index contributed by atoms with van der Waals surface area (Å²) in [5.74, 6) is 0.334. The molecule has 0 aliphatic carbocycles. The summed E-state index contributed by atoms with van der Waals surface area (Å²) in [6.45, 7) is 3.98. The molecular weight excluding hydrogens is 339 g/mol. The number of nitrogens with zero attached hydrogens (tertiary/aromatic N) is 2. The zero-order chi connectivity index (χ0) is 18.4. The number of aliphatic hydroxyl groups is 1. The van der Waals surface area contributed by atoms with Gasteiger partial charge in [-0.15, -0.1) is 0 Å². The third-order valence-electron chi connectivity index (χ3n) is 5.04. The number of aliphatic hydroxyl groups excluding tert-OH is 1. The smallest absolute Gasteiger partial charge is 0.248 e. The Kier molecular flexibility index (Phi) is 6.82. The van der Waals surface area contributed by atoms with Crippen molar-refractivity contribution in [3.8, 4) is 5.75 Å². The normalized spacial score (nSPS) is 22.6. The maximum atomic E-state index is 12.9. The molecule has 1 aromatic carbocycles. The van der Waals surface area contributed by atoms with Crippen molar-refractivity contribution in [2.24, 2.45) is 0 Å². The summed E-state index contributed by atoms with van der Waals surface area (Å²) >= 11 is 0. The Morgan fingerprint density at radius 3 is 2.65 bits per heavy atom. The van der Waals surface area contributed by atoms with Gasteiger partial charge in [-0.2, -0.15) is 0 Å². The van der Waals surface area contributed by atoms with Crippen molar-refractivity contribution in [3.05, 3.63) is 30.1 Å². The molecule has 2 aliphatic heterocycles. The van der Waals surface area contributed by atoms with E-state index in [1.165, 1.54) is 12.1 Å². The molecule has 7 heteroatoms. The number of hydrogen-bond acceptors (Lipinski definition) is 5. The molecule has 3 rings (SSSR count). The average Bonchev–Trinajstić information content (AvgIpc) is 2.67. The molecule has 0 unspecified atom stereocenters. The lowest BCUT2D eigenvalue weighted by molar-refractivity contribution is -0.155. The maximum absolute atomic E-state index is 12.9. The average molecular weight is 366 g/mol. The Morgan fingerprint density at radius 1 is 1.23 bits per heavy atom. The minimum Gasteiger partial charge on any atom is -0.491 e. The second-order valence-corrected chi connectivity index (χ2v) is 6.89. The lowest BCUT2D eigenvalue weighted by Gasteiger charge is -2.42. The first-order valence-corrected chi connectivity index (χ1v) is 9.28. The van der Waals surface area contributed by atoms with Crippen molar-refractivity contribution < 1.29 is 23.8 Å². The molecular formula is C19H27FN2O4. The van der Waals surface area contributed by atoms with Crippen LogP contribution < -0.4 is 4.74 Å². The first-order valence-electron chi connectivity index (χ1n) is 9.28. The summed E-state index contributed by atoms with van der Waals surface area (Å²) in [7, 11) is 0. The molecule has 1 N–H and O–H groups in total. The Morgan fingerprint density at radius 2 is 1.96 bits per heavy atom. The van der Waals surface area contributed by atoms with Crippen LogP contribution in [0.25, 0.3) is 0 Å². The van der Waals surface area contributed by atoms with Gasteiger partial charge in [0, 0.05) is 32.3 Å². The predicted molar refractivity (Wildman–Crippen MR) is 94.5 cm³/mol. The maximum Gasteiger partial charge on any atom is 0.248 e. The van der Waals surface area contributed by atoms with Gasteiger partial charge in [0.15, 0.2) is 0 Å². The SMILES string of the molecule is O=C1CO[C@H](COc2ccc(F)cc2)CN1C1CCN(CCCO)CC1. The van der Waals surface area contributed by atoms with Crippen LogP contribution in [-0.4, -0.2) is 79.0 Å². The minimum atomic E-state index is -0.298. The van der Waals surface area contributed by atoms with E-state index in [4.69, 9.17) is 14.6 Å². The van der Waals surface area contributed by atoms with Crippen LogP contribution in [0, 0.1) is 5.82 Å². The van der Waals surface area contributed by atoms with Crippen LogP contribution in [0.1, 0.15) is 19.3 Å². The van der Waals surface area contributed by atoms with Crippen molar-refractivity contribution in [2.75, 3.05) is 46.0 Å². The van der Waals surface area contributed by atoms with Crippen molar-refractivity contribution in [3.63, 3.8) is 0 Å². The quantitative estimate of drug-likeness (QED) is 0.788. The van der Waals surface area contributed by atoms with Gasteiger partial charge < -0.3 is 24.4 Å². The number of benzene rings is 1. The van der Waals surface area contributed by atoms with E-state index in [2.05, 4.69) is 4.90 Å². The highest BCUT2D eigenvalue weighted by Crippen LogP contribution is 2.21. The number of morpholine rings is 1. The standard InChI is InChI=1S/C19H27FN2O4/c20-15-2-4-17(5-3-15)25-13-18-12-22(19(24)14-26-18)16-6-9-21(10-7-16)8-1-11-23/h2-5,16,18,23H,1,6-14H2/t18-/m0/s1. The summed E-state index contributed by atoms with van der Waals surface area (Å²) in [5, 5.41) is 8.94. The monoisotopic (exact) mass is 366 g/mol. The number of hydrogen-bond donors (Lipinski definition) is 1. The Balaban J connectivity index is 1.47. The van der Waals surface area contributed by atoms with Gasteiger partial charge in [0.05, 0.1) is 6.54 Å². The summed E-state index contributed by atoms with van der Waals surface area (Å²) in [4.78, 5) is 16.6. The van der Waals surface area contributed by atoms with E-state index < -0.39 is 0 Å². The molecule has 0 radical (unpaired) electrons. The molecule has 0 spiro atoms. The molecule has 144 valence electrons. The van der Waals surface area contributed by atoms with Gasteiger partial charge in [0.25, 0.3) is 0 Å². The Bertz CT molecular complexity index is 575. The molecule has 2 aliphatic rings. The number of piperidine rings is 1.